The van der Waals surface area contributed by atoms with Crippen molar-refractivity contribution in [2.24, 2.45) is 49.3 Å². The van der Waals surface area contributed by atoms with Crippen molar-refractivity contribution in [3.05, 3.63) is 330 Å². The van der Waals surface area contributed by atoms with Gasteiger partial charge in [0.15, 0.2) is 0 Å². The van der Waals surface area contributed by atoms with Gasteiger partial charge in [0, 0.05) is 145 Å². The molecule has 0 bridgehead atoms. The Morgan fingerprint density at radius 3 is 0.518 bits per heavy atom. The minimum atomic E-state index is 0. The average Bonchev–Trinajstić information content (AvgIpc) is 1.68. The standard InChI is InChI=1S/3C9H15N.C9H12.C8H10.4C7H12N2.2C7H9N.2C7H10S.C6H8S.4C2H6.7CH4/c3*1-6-7(2)9(4)10(5)8(6)3;1-3-9-7-5-4-6-8(9)2;1-7-5-3-4-6-8(7)2;4*1-5-6(2)8-9(4)7(5)3;2*1-6-4-3-5-8-7(6)2;2*1-5-4-8-7(3)6(5)2;1-5-3-4-7-6(5)2;4*1-2;;;;;;;/h3*1-5H3;4-7H,3H2,1-2H3;3-6H,1-2H3;4*1-4H3;2*3-5H,1-2H3;2*4H,1-3H3;3-4H,1-2H3;4*1-2H3;7*1H4. The van der Waals surface area contributed by atoms with E-state index in [2.05, 4.69) is 383 Å². The van der Waals surface area contributed by atoms with Gasteiger partial charge in [0.1, 0.15) is 0 Å². The second-order valence-electron chi connectivity index (χ2n) is 32.7. The molecule has 12 aromatic heterocycles. The summed E-state index contributed by atoms with van der Waals surface area (Å²) < 4.78 is 14.4. The number of pyridine rings is 2. The largest absolute Gasteiger partial charge is 0.352 e. The zero-order chi connectivity index (χ0) is 102. The van der Waals surface area contributed by atoms with Gasteiger partial charge < -0.3 is 13.7 Å². The molecule has 0 aliphatic carbocycles. The van der Waals surface area contributed by atoms with Crippen LogP contribution in [0.2, 0.25) is 0 Å². The first-order chi connectivity index (χ1) is 60.7. The monoisotopic (exact) mass is 1940 g/mol. The highest BCUT2D eigenvalue weighted by molar-refractivity contribution is 7.10. The Morgan fingerprint density at radius 2 is 0.431 bits per heavy atom. The Hall–Kier alpha value is -9.48. The van der Waals surface area contributed by atoms with E-state index in [4.69, 9.17) is 0 Å². The lowest BCUT2D eigenvalue weighted by molar-refractivity contribution is 0.730. The van der Waals surface area contributed by atoms with Gasteiger partial charge in [0.25, 0.3) is 0 Å². The molecule has 13 nitrogen and oxygen atoms in total. The molecule has 0 saturated heterocycles. The molecule has 14 rings (SSSR count). The highest BCUT2D eigenvalue weighted by Crippen LogP contribution is 2.23. The number of benzene rings is 2. The van der Waals surface area contributed by atoms with Crippen molar-refractivity contribution < 1.29 is 0 Å². The zero-order valence-corrected chi connectivity index (χ0v) is 95.6. The molecule has 0 radical (unpaired) electrons. The Labute approximate surface area is 860 Å². The summed E-state index contributed by atoms with van der Waals surface area (Å²) in [7, 11) is 14.2. The van der Waals surface area contributed by atoms with Crippen LogP contribution in [-0.2, 0) is 55.8 Å². The van der Waals surface area contributed by atoms with E-state index >= 15 is 0 Å². The first-order valence-corrected chi connectivity index (χ1v) is 49.3. The molecule has 0 spiro atoms. The Balaban J connectivity index is -0.000000137. The lowest BCUT2D eigenvalue weighted by Crippen LogP contribution is -1.92. The van der Waals surface area contributed by atoms with Gasteiger partial charge in [-0.15, -0.1) is 34.0 Å². The van der Waals surface area contributed by atoms with Gasteiger partial charge in [-0.1, -0.05) is 175 Å². The normalized spacial score (nSPS) is 9.04. The van der Waals surface area contributed by atoms with E-state index in [9.17, 15) is 0 Å². The van der Waals surface area contributed by atoms with Crippen LogP contribution in [0.25, 0.3) is 0 Å². The molecule has 0 fully saturated rings. The number of aromatic nitrogens is 13. The smallest absolute Gasteiger partial charge is 0.0625 e. The molecule has 0 aliphatic heterocycles. The third-order valence-electron chi connectivity index (χ3n) is 25.2. The molecule has 12 heterocycles. The topological polar surface area (TPSA) is 112 Å². The van der Waals surface area contributed by atoms with Gasteiger partial charge in [-0.25, -0.2) is 0 Å². The van der Waals surface area contributed by atoms with Crippen molar-refractivity contribution in [1.29, 1.82) is 0 Å². The highest BCUT2D eigenvalue weighted by Gasteiger charge is 2.11. The molecule has 0 saturated carbocycles. The Kier molecular flexibility index (Phi) is 86.0. The van der Waals surface area contributed by atoms with E-state index < -0.39 is 0 Å². The Morgan fingerprint density at radius 1 is 0.212 bits per heavy atom. The van der Waals surface area contributed by atoms with E-state index in [0.717, 1.165) is 40.6 Å². The van der Waals surface area contributed by atoms with Gasteiger partial charge in [0.05, 0.1) is 22.8 Å². The minimum absolute atomic E-state index is 0. The van der Waals surface area contributed by atoms with Gasteiger partial charge in [-0.3, -0.25) is 28.7 Å². The lowest BCUT2D eigenvalue weighted by Gasteiger charge is -1.98. The summed E-state index contributed by atoms with van der Waals surface area (Å²) in [5, 5.41) is 23.4. The van der Waals surface area contributed by atoms with Crippen molar-refractivity contribution in [1.82, 2.24) is 62.8 Å². The van der Waals surface area contributed by atoms with Crippen LogP contribution in [0.15, 0.2) is 107 Å². The second kappa shape index (κ2) is 78.3. The molecule has 0 amide bonds. The van der Waals surface area contributed by atoms with Gasteiger partial charge >= 0.3 is 0 Å². The highest BCUT2D eigenvalue weighted by atomic mass is 32.1. The summed E-state index contributed by atoms with van der Waals surface area (Å²) >= 11 is 5.47. The van der Waals surface area contributed by atoms with Crippen molar-refractivity contribution in [3.8, 4) is 0 Å². The van der Waals surface area contributed by atoms with Crippen molar-refractivity contribution in [2.75, 3.05) is 0 Å². The molecular weight excluding hydrogens is 1730 g/mol. The molecule has 0 atom stereocenters. The van der Waals surface area contributed by atoms with E-state index in [1.807, 2.05) is 191 Å². The summed E-state index contributed by atoms with van der Waals surface area (Å²) in [5.74, 6) is 0. The molecule has 780 valence electrons. The summed E-state index contributed by atoms with van der Waals surface area (Å²) in [6.07, 6.45) is 4.76. The third kappa shape index (κ3) is 50.8. The van der Waals surface area contributed by atoms with Crippen LogP contribution in [0, 0.1) is 270 Å². The van der Waals surface area contributed by atoms with Crippen LogP contribution in [0.5, 0.6) is 0 Å². The first kappa shape index (κ1) is 150. The fourth-order valence-corrected chi connectivity index (χ4v) is 14.4. The van der Waals surface area contributed by atoms with E-state index in [-0.39, 0.29) is 52.0 Å². The number of rotatable bonds is 1. The van der Waals surface area contributed by atoms with Crippen LogP contribution >= 0.6 is 34.0 Å². The van der Waals surface area contributed by atoms with E-state index in [1.54, 1.807) is 11.3 Å². The summed E-state index contributed by atoms with van der Waals surface area (Å²) in [6, 6.07) is 27.0. The fourth-order valence-electron chi connectivity index (χ4n) is 11.9. The maximum atomic E-state index is 4.23. The number of aryl methyl sites for hydroxylation is 22. The van der Waals surface area contributed by atoms with Crippen LogP contribution in [-0.4, -0.2) is 62.8 Å². The molecule has 2 aromatic carbocycles. The van der Waals surface area contributed by atoms with Crippen molar-refractivity contribution in [3.63, 3.8) is 0 Å². The molecule has 14 aromatic rings. The van der Waals surface area contributed by atoms with Gasteiger partial charge in [-0.05, 0) is 428 Å². The van der Waals surface area contributed by atoms with Gasteiger partial charge in [0.2, 0.25) is 0 Å². The van der Waals surface area contributed by atoms with E-state index in [0.29, 0.717) is 0 Å². The molecule has 0 aliphatic rings. The van der Waals surface area contributed by atoms with Crippen LogP contribution in [0.1, 0.15) is 337 Å². The SMILES string of the molecule is C.C.C.C.C.C.C.CC.CC.CC.CC.CCc1ccccc1C.Cc1c(C)c(C)n(C)c1C.Cc1c(C)c(C)n(C)c1C.Cc1c(C)c(C)n(C)c1C.Cc1ccccc1C.Cc1cccnc1C.Cc1cccnc1C.Cc1ccsc1C.Cc1csc(C)c1C.Cc1csc(C)c1C.Cc1nn(C)c(C)c1C.Cc1nn(C)c(C)c1C.Cc1nn(C)c(C)c1C.Cc1nn(C)c(C)c1C. The van der Waals surface area contributed by atoms with Crippen molar-refractivity contribution >= 4 is 34.0 Å². The third-order valence-corrected chi connectivity index (χ3v) is 28.4. The number of hydrogen-bond donors (Lipinski definition) is 0. The van der Waals surface area contributed by atoms with Gasteiger partial charge in [-0.2, -0.15) is 20.4 Å². The molecular formula is C121H213N13S3. The maximum Gasteiger partial charge on any atom is 0.0625 e. The maximum absolute atomic E-state index is 4.23. The number of hydrogen-bond acceptors (Lipinski definition) is 9. The second-order valence-corrected chi connectivity index (χ2v) is 35.9. The zero-order valence-electron chi connectivity index (χ0n) is 93.1. The fraction of sp³-hybridized carbons (Fsp3) is 0.521. The molecule has 0 N–H and O–H groups in total. The predicted octanol–water partition coefficient (Wildman–Crippen LogP) is 36.7. The van der Waals surface area contributed by atoms with E-state index in [1.165, 1.54) is 188 Å². The quantitative estimate of drug-likeness (QED) is 0.162. The van der Waals surface area contributed by atoms with Crippen LogP contribution < -0.4 is 0 Å². The summed E-state index contributed by atoms with van der Waals surface area (Å²) in [4.78, 5) is 12.5. The lowest BCUT2D eigenvalue weighted by atomic mass is 10.1. The van der Waals surface area contributed by atoms with Crippen LogP contribution in [0.3, 0.4) is 0 Å². The van der Waals surface area contributed by atoms with Crippen molar-refractivity contribution in [2.45, 2.75) is 391 Å². The predicted molar refractivity (Wildman–Crippen MR) is 630 cm³/mol. The first-order valence-electron chi connectivity index (χ1n) is 46.7. The Bertz CT molecular complexity index is 4560. The molecule has 137 heavy (non-hydrogen) atoms. The molecule has 16 heteroatoms. The summed E-state index contributed by atoms with van der Waals surface area (Å²) in [5.41, 5.74) is 49.2. The number of nitrogens with zero attached hydrogens (tertiary/aromatic N) is 13. The van der Waals surface area contributed by atoms with Crippen LogP contribution in [0.4, 0.5) is 0 Å². The number of thiophene rings is 3. The minimum Gasteiger partial charge on any atom is -0.352 e. The average molecular weight is 1950 g/mol. The molecule has 0 unspecified atom stereocenters. The summed E-state index contributed by atoms with van der Waals surface area (Å²) in [6.45, 7) is 101.